The van der Waals surface area contributed by atoms with Gasteiger partial charge < -0.3 is 19.8 Å². The van der Waals surface area contributed by atoms with Crippen molar-refractivity contribution in [3.8, 4) is 28.6 Å². The number of Topliss-reactive ketones (excluding diaryl/α,β-unsaturated/α-hetero) is 1. The number of ketones is 1. The largest absolute Gasteiger partial charge is 0.454 e. The summed E-state index contributed by atoms with van der Waals surface area (Å²) in [7, 11) is 0. The minimum Gasteiger partial charge on any atom is -0.454 e. The maximum absolute atomic E-state index is 13.0. The fourth-order valence-corrected chi connectivity index (χ4v) is 3.89. The average Bonchev–Trinajstić information content (AvgIpc) is 3.52. The van der Waals surface area contributed by atoms with Crippen molar-refractivity contribution in [3.05, 3.63) is 71.0 Å². The molecule has 0 bridgehead atoms. The van der Waals surface area contributed by atoms with Crippen LogP contribution in [0.4, 0.5) is 0 Å². The molecule has 33 heavy (non-hydrogen) atoms. The predicted molar refractivity (Wildman–Crippen MR) is 117 cm³/mol. The van der Waals surface area contributed by atoms with E-state index in [1.54, 1.807) is 24.3 Å². The highest BCUT2D eigenvalue weighted by molar-refractivity contribution is 5.97. The quantitative estimate of drug-likeness (QED) is 0.453. The Morgan fingerprint density at radius 3 is 2.55 bits per heavy atom. The van der Waals surface area contributed by atoms with Crippen LogP contribution in [0.1, 0.15) is 32.1 Å². The van der Waals surface area contributed by atoms with Crippen LogP contribution in [0.2, 0.25) is 0 Å². The van der Waals surface area contributed by atoms with E-state index in [0.717, 1.165) is 17.1 Å². The lowest BCUT2D eigenvalue weighted by molar-refractivity contribution is 0.0959. The number of ether oxygens (including phenoxy) is 2. The normalized spacial score (nSPS) is 12.2. The molecule has 0 fully saturated rings. The van der Waals surface area contributed by atoms with Crippen molar-refractivity contribution in [2.75, 3.05) is 6.79 Å². The Hall–Kier alpha value is -4.47. The minimum absolute atomic E-state index is 0.0577. The number of hydrogen-bond donors (Lipinski definition) is 1. The summed E-state index contributed by atoms with van der Waals surface area (Å²) in [6.07, 6.45) is 0. The van der Waals surface area contributed by atoms with Gasteiger partial charge in [0.2, 0.25) is 18.5 Å². The van der Waals surface area contributed by atoms with E-state index in [1.807, 2.05) is 42.7 Å². The lowest BCUT2D eigenvalue weighted by Crippen LogP contribution is -2.14. The first-order valence-electron chi connectivity index (χ1n) is 10.2. The summed E-state index contributed by atoms with van der Waals surface area (Å²) >= 11 is 0. The van der Waals surface area contributed by atoms with Crippen molar-refractivity contribution >= 4 is 11.7 Å². The first kappa shape index (κ1) is 20.4. The van der Waals surface area contributed by atoms with Crippen LogP contribution in [0.15, 0.2) is 48.5 Å². The molecule has 0 saturated heterocycles. The molecule has 4 aromatic rings. The maximum Gasteiger partial charge on any atom is 0.248 e. The number of primary amides is 1. The van der Waals surface area contributed by atoms with Crippen LogP contribution in [0, 0.1) is 13.8 Å². The third-order valence-electron chi connectivity index (χ3n) is 5.51. The minimum atomic E-state index is -0.512. The summed E-state index contributed by atoms with van der Waals surface area (Å²) in [6, 6.07) is 14.1. The van der Waals surface area contributed by atoms with Gasteiger partial charge >= 0.3 is 0 Å². The number of aromatic nitrogens is 5. The molecule has 0 atom stereocenters. The van der Waals surface area contributed by atoms with Crippen molar-refractivity contribution in [1.29, 1.82) is 0 Å². The molecule has 2 N–H and O–H groups in total. The number of carbonyl (C=O) groups is 2. The number of nitrogens with two attached hydrogens (primary N) is 1. The molecule has 0 unspecified atom stereocenters. The highest BCUT2D eigenvalue weighted by Gasteiger charge is 2.20. The Bertz CT molecular complexity index is 1390. The number of tetrazole rings is 1. The van der Waals surface area contributed by atoms with Gasteiger partial charge in [-0.05, 0) is 49.4 Å². The number of rotatable bonds is 6. The van der Waals surface area contributed by atoms with Crippen LogP contribution in [0.25, 0.3) is 17.1 Å². The Kier molecular flexibility index (Phi) is 4.89. The highest BCUT2D eigenvalue weighted by Crippen LogP contribution is 2.35. The van der Waals surface area contributed by atoms with Crippen LogP contribution in [-0.4, -0.2) is 43.3 Å². The van der Waals surface area contributed by atoms with Gasteiger partial charge in [-0.25, -0.2) is 0 Å². The molecule has 2 aromatic heterocycles. The molecule has 166 valence electrons. The topological polar surface area (TPSA) is 127 Å². The standard InChI is InChI=1S/C23H20N6O4/c1-13-9-18(14(2)29(13)17-7-8-20-21(10-17)33-12-32-20)19(30)11-28-26-23(25-27-28)16-5-3-15(4-6-16)22(24)31/h3-10H,11-12H2,1-2H3,(H2,24,31). The zero-order valence-electron chi connectivity index (χ0n) is 18.0. The summed E-state index contributed by atoms with van der Waals surface area (Å²) in [5, 5.41) is 12.3. The van der Waals surface area contributed by atoms with Crippen LogP contribution in [0.5, 0.6) is 11.5 Å². The Balaban J connectivity index is 1.37. The number of amides is 1. The lowest BCUT2D eigenvalue weighted by Gasteiger charge is -2.10. The van der Waals surface area contributed by atoms with Gasteiger partial charge in [0.25, 0.3) is 0 Å². The molecule has 1 amide bonds. The van der Waals surface area contributed by atoms with Gasteiger partial charge in [0.15, 0.2) is 17.3 Å². The SMILES string of the molecule is Cc1cc(C(=O)Cn2nnc(-c3ccc(C(N)=O)cc3)n2)c(C)n1-c1ccc2c(c1)OCO2. The summed E-state index contributed by atoms with van der Waals surface area (Å²) in [5.41, 5.74) is 9.50. The molecular formula is C23H20N6O4. The van der Waals surface area contributed by atoms with Crippen molar-refractivity contribution in [1.82, 2.24) is 24.8 Å². The number of fused-ring (bicyclic) bond motifs is 1. The molecule has 0 radical (unpaired) electrons. The number of nitrogens with zero attached hydrogens (tertiary/aromatic N) is 5. The molecule has 1 aliphatic rings. The molecule has 0 spiro atoms. The molecule has 10 nitrogen and oxygen atoms in total. The molecule has 2 aromatic carbocycles. The molecule has 0 saturated carbocycles. The molecule has 1 aliphatic heterocycles. The summed E-state index contributed by atoms with van der Waals surface area (Å²) in [4.78, 5) is 25.5. The maximum atomic E-state index is 13.0. The predicted octanol–water partition coefficient (Wildman–Crippen LogP) is 2.46. The second-order valence-electron chi connectivity index (χ2n) is 7.67. The lowest BCUT2D eigenvalue weighted by atomic mass is 10.1. The molecule has 3 heterocycles. The van der Waals surface area contributed by atoms with Gasteiger partial charge in [0, 0.05) is 39.8 Å². The van der Waals surface area contributed by atoms with Gasteiger partial charge in [0.05, 0.1) is 0 Å². The van der Waals surface area contributed by atoms with E-state index in [1.165, 1.54) is 4.80 Å². The van der Waals surface area contributed by atoms with Crippen LogP contribution in [-0.2, 0) is 6.54 Å². The summed E-state index contributed by atoms with van der Waals surface area (Å²) < 4.78 is 12.9. The van der Waals surface area contributed by atoms with Crippen LogP contribution >= 0.6 is 0 Å². The molecule has 10 heteroatoms. The number of hydrogen-bond acceptors (Lipinski definition) is 7. The van der Waals surface area contributed by atoms with E-state index in [2.05, 4.69) is 15.4 Å². The van der Waals surface area contributed by atoms with E-state index in [9.17, 15) is 9.59 Å². The Labute approximate surface area is 188 Å². The second kappa shape index (κ2) is 7.90. The second-order valence-corrected chi connectivity index (χ2v) is 7.67. The van der Waals surface area contributed by atoms with Crippen molar-refractivity contribution < 1.29 is 19.1 Å². The van der Waals surface area contributed by atoms with Crippen molar-refractivity contribution in [2.45, 2.75) is 20.4 Å². The summed E-state index contributed by atoms with van der Waals surface area (Å²) in [6.45, 7) is 3.98. The van der Waals surface area contributed by atoms with E-state index in [0.29, 0.717) is 34.0 Å². The first-order valence-corrected chi connectivity index (χ1v) is 10.2. The zero-order chi connectivity index (χ0) is 23.1. The van der Waals surface area contributed by atoms with Gasteiger partial charge in [-0.2, -0.15) is 4.80 Å². The Morgan fingerprint density at radius 1 is 1.03 bits per heavy atom. The van der Waals surface area contributed by atoms with E-state index in [-0.39, 0.29) is 19.1 Å². The van der Waals surface area contributed by atoms with Crippen molar-refractivity contribution in [3.63, 3.8) is 0 Å². The highest BCUT2D eigenvalue weighted by atomic mass is 16.7. The van der Waals surface area contributed by atoms with E-state index in [4.69, 9.17) is 15.2 Å². The van der Waals surface area contributed by atoms with E-state index < -0.39 is 5.91 Å². The first-order chi connectivity index (χ1) is 15.9. The van der Waals surface area contributed by atoms with Gasteiger partial charge in [0.1, 0.15) is 6.54 Å². The average molecular weight is 444 g/mol. The fraction of sp³-hybridized carbons (Fsp3) is 0.174. The molecule has 5 rings (SSSR count). The monoisotopic (exact) mass is 444 g/mol. The smallest absolute Gasteiger partial charge is 0.248 e. The summed E-state index contributed by atoms with van der Waals surface area (Å²) in [5.74, 6) is 1.08. The third kappa shape index (κ3) is 3.71. The number of aryl methyl sites for hydroxylation is 1. The third-order valence-corrected chi connectivity index (χ3v) is 5.51. The number of benzene rings is 2. The fourth-order valence-electron chi connectivity index (χ4n) is 3.89. The van der Waals surface area contributed by atoms with E-state index >= 15 is 0 Å². The van der Waals surface area contributed by atoms with Crippen molar-refractivity contribution in [2.24, 2.45) is 5.73 Å². The van der Waals surface area contributed by atoms with Gasteiger partial charge in [-0.1, -0.05) is 12.1 Å². The van der Waals surface area contributed by atoms with Crippen LogP contribution in [0.3, 0.4) is 0 Å². The van der Waals surface area contributed by atoms with Gasteiger partial charge in [-0.3, -0.25) is 9.59 Å². The van der Waals surface area contributed by atoms with Crippen LogP contribution < -0.4 is 15.2 Å². The number of carbonyl (C=O) groups excluding carboxylic acids is 2. The zero-order valence-corrected chi connectivity index (χ0v) is 18.0. The molecule has 0 aliphatic carbocycles. The van der Waals surface area contributed by atoms with Gasteiger partial charge in [-0.15, -0.1) is 10.2 Å². The Morgan fingerprint density at radius 2 is 1.79 bits per heavy atom. The molecular weight excluding hydrogens is 424 g/mol.